The molecule has 0 unspecified atom stereocenters. The number of aryl methyl sites for hydroxylation is 2. The summed E-state index contributed by atoms with van der Waals surface area (Å²) in [5.41, 5.74) is 4.75. The van der Waals surface area contributed by atoms with Crippen LogP contribution in [0.5, 0.6) is 5.75 Å². The second-order valence-corrected chi connectivity index (χ2v) is 6.03. The molecule has 1 N–H and O–H groups in total. The first kappa shape index (κ1) is 20.1. The molecular formula is C20H23N3O4. The Morgan fingerprint density at radius 2 is 2.00 bits per heavy atom. The van der Waals surface area contributed by atoms with E-state index in [0.717, 1.165) is 17.7 Å². The fourth-order valence-corrected chi connectivity index (χ4v) is 2.51. The van der Waals surface area contributed by atoms with Crippen molar-refractivity contribution in [2.24, 2.45) is 5.10 Å². The zero-order chi connectivity index (χ0) is 19.6. The van der Waals surface area contributed by atoms with Gasteiger partial charge in [0.05, 0.1) is 17.7 Å². The van der Waals surface area contributed by atoms with Crippen molar-refractivity contribution in [3.05, 3.63) is 69.3 Å². The van der Waals surface area contributed by atoms with Crippen LogP contribution in [0.4, 0.5) is 5.69 Å². The number of nitrogens with one attached hydrogen (secondary N) is 1. The Balaban J connectivity index is 1.76. The number of hydrazone groups is 1. The lowest BCUT2D eigenvalue weighted by Gasteiger charge is -2.05. The van der Waals surface area contributed by atoms with Gasteiger partial charge in [-0.05, 0) is 44.4 Å². The lowest BCUT2D eigenvalue weighted by atomic mass is 10.1. The van der Waals surface area contributed by atoms with Gasteiger partial charge in [0.2, 0.25) is 5.91 Å². The minimum Gasteiger partial charge on any atom is -0.494 e. The van der Waals surface area contributed by atoms with E-state index in [9.17, 15) is 14.9 Å². The maximum atomic E-state index is 11.8. The molecule has 7 heteroatoms. The topological polar surface area (TPSA) is 93.8 Å². The molecule has 0 fully saturated rings. The van der Waals surface area contributed by atoms with Gasteiger partial charge in [0.15, 0.2) is 0 Å². The molecule has 27 heavy (non-hydrogen) atoms. The van der Waals surface area contributed by atoms with Gasteiger partial charge in [-0.15, -0.1) is 0 Å². The van der Waals surface area contributed by atoms with Crippen molar-refractivity contribution in [2.75, 3.05) is 6.61 Å². The number of benzene rings is 2. The molecule has 1 amide bonds. The second kappa shape index (κ2) is 10.1. The van der Waals surface area contributed by atoms with Crippen molar-refractivity contribution < 1.29 is 14.5 Å². The molecule has 0 saturated heterocycles. The lowest BCUT2D eigenvalue weighted by molar-refractivity contribution is -0.385. The van der Waals surface area contributed by atoms with Gasteiger partial charge in [0, 0.05) is 23.6 Å². The number of carbonyl (C=O) groups is 1. The fourth-order valence-electron chi connectivity index (χ4n) is 2.51. The van der Waals surface area contributed by atoms with Crippen LogP contribution in [0.1, 0.15) is 36.5 Å². The van der Waals surface area contributed by atoms with Crippen molar-refractivity contribution in [1.29, 1.82) is 0 Å². The number of hydrogen-bond acceptors (Lipinski definition) is 5. The van der Waals surface area contributed by atoms with Crippen LogP contribution in [0.25, 0.3) is 0 Å². The molecule has 7 nitrogen and oxygen atoms in total. The van der Waals surface area contributed by atoms with E-state index in [-0.39, 0.29) is 11.6 Å². The average molecular weight is 369 g/mol. The van der Waals surface area contributed by atoms with Crippen LogP contribution in [0.15, 0.2) is 47.6 Å². The molecule has 2 rings (SSSR count). The van der Waals surface area contributed by atoms with Gasteiger partial charge in [-0.3, -0.25) is 14.9 Å². The van der Waals surface area contributed by atoms with E-state index in [2.05, 4.69) is 10.5 Å². The molecule has 0 atom stereocenters. The summed E-state index contributed by atoms with van der Waals surface area (Å²) in [6.07, 6.45) is 3.23. The second-order valence-electron chi connectivity index (χ2n) is 6.03. The monoisotopic (exact) mass is 369 g/mol. The van der Waals surface area contributed by atoms with E-state index < -0.39 is 4.92 Å². The summed E-state index contributed by atoms with van der Waals surface area (Å²) >= 11 is 0. The minimum absolute atomic E-state index is 0.0284. The molecule has 0 aliphatic heterocycles. The van der Waals surface area contributed by atoms with Crippen molar-refractivity contribution >= 4 is 17.8 Å². The summed E-state index contributed by atoms with van der Waals surface area (Å²) in [5.74, 6) is 0.642. The molecule has 0 aromatic heterocycles. The number of carbonyl (C=O) groups excluding carboxylic acids is 1. The number of hydrogen-bond donors (Lipinski definition) is 1. The molecule has 0 spiro atoms. The normalized spacial score (nSPS) is 10.7. The molecule has 0 aliphatic rings. The van der Waals surface area contributed by atoms with E-state index in [1.807, 2.05) is 31.2 Å². The first-order valence-corrected chi connectivity index (χ1v) is 8.78. The van der Waals surface area contributed by atoms with E-state index >= 15 is 0 Å². The zero-order valence-electron chi connectivity index (χ0n) is 15.5. The number of amides is 1. The zero-order valence-corrected chi connectivity index (χ0v) is 15.5. The third-order valence-electron chi connectivity index (χ3n) is 3.94. The number of ether oxygens (including phenoxy) is 1. The Morgan fingerprint density at radius 3 is 2.67 bits per heavy atom. The number of nitro groups is 1. The van der Waals surface area contributed by atoms with E-state index in [0.29, 0.717) is 30.6 Å². The highest BCUT2D eigenvalue weighted by atomic mass is 16.6. The Morgan fingerprint density at radius 1 is 1.26 bits per heavy atom. The summed E-state index contributed by atoms with van der Waals surface area (Å²) in [4.78, 5) is 22.3. The van der Waals surface area contributed by atoms with Crippen molar-refractivity contribution in [1.82, 2.24) is 5.43 Å². The van der Waals surface area contributed by atoms with Gasteiger partial charge >= 0.3 is 0 Å². The predicted octanol–water partition coefficient (Wildman–Crippen LogP) is 3.77. The highest BCUT2D eigenvalue weighted by molar-refractivity contribution is 5.83. The molecule has 0 aliphatic carbocycles. The van der Waals surface area contributed by atoms with Crippen LogP contribution < -0.4 is 10.2 Å². The summed E-state index contributed by atoms with van der Waals surface area (Å²) in [7, 11) is 0. The maximum absolute atomic E-state index is 11.8. The van der Waals surface area contributed by atoms with Gasteiger partial charge in [0.1, 0.15) is 5.75 Å². The van der Waals surface area contributed by atoms with E-state index in [1.165, 1.54) is 12.3 Å². The quantitative estimate of drug-likeness (QED) is 0.413. The lowest BCUT2D eigenvalue weighted by Crippen LogP contribution is -2.17. The Hall–Kier alpha value is -3.22. The van der Waals surface area contributed by atoms with E-state index in [1.54, 1.807) is 19.1 Å². The molecule has 0 heterocycles. The summed E-state index contributed by atoms with van der Waals surface area (Å²) in [6, 6.07) is 12.6. The largest absolute Gasteiger partial charge is 0.494 e. The molecule has 142 valence electrons. The average Bonchev–Trinajstić information content (AvgIpc) is 2.64. The van der Waals surface area contributed by atoms with Crippen LogP contribution in [0.2, 0.25) is 0 Å². The van der Waals surface area contributed by atoms with Gasteiger partial charge in [-0.2, -0.15) is 5.10 Å². The van der Waals surface area contributed by atoms with Crippen LogP contribution >= 0.6 is 0 Å². The number of rotatable bonds is 9. The molecule has 0 bridgehead atoms. The summed E-state index contributed by atoms with van der Waals surface area (Å²) in [6.45, 7) is 4.25. The SMILES string of the molecule is CCOc1ccc(CCCC(=O)NN=Cc2ccc(C)c([N+](=O)[O-])c2)cc1. The van der Waals surface area contributed by atoms with Crippen LogP contribution in [-0.2, 0) is 11.2 Å². The third kappa shape index (κ3) is 6.54. The summed E-state index contributed by atoms with van der Waals surface area (Å²) in [5, 5.41) is 14.8. The molecule has 2 aromatic rings. The van der Waals surface area contributed by atoms with Gasteiger partial charge in [0.25, 0.3) is 5.69 Å². The van der Waals surface area contributed by atoms with Crippen LogP contribution in [0, 0.1) is 17.0 Å². The molecule has 0 saturated carbocycles. The highest BCUT2D eigenvalue weighted by Crippen LogP contribution is 2.18. The van der Waals surface area contributed by atoms with Crippen LogP contribution in [-0.4, -0.2) is 23.7 Å². The van der Waals surface area contributed by atoms with Gasteiger partial charge in [-0.25, -0.2) is 5.43 Å². The summed E-state index contributed by atoms with van der Waals surface area (Å²) < 4.78 is 5.39. The third-order valence-corrected chi connectivity index (χ3v) is 3.94. The van der Waals surface area contributed by atoms with Crippen molar-refractivity contribution in [3.8, 4) is 5.75 Å². The molecular weight excluding hydrogens is 346 g/mol. The smallest absolute Gasteiger partial charge is 0.272 e. The predicted molar refractivity (Wildman–Crippen MR) is 104 cm³/mol. The first-order chi connectivity index (χ1) is 13.0. The van der Waals surface area contributed by atoms with Crippen molar-refractivity contribution in [3.63, 3.8) is 0 Å². The Bertz CT molecular complexity index is 816. The van der Waals surface area contributed by atoms with Gasteiger partial charge in [-0.1, -0.05) is 24.3 Å². The van der Waals surface area contributed by atoms with E-state index in [4.69, 9.17) is 4.74 Å². The fraction of sp³-hybridized carbons (Fsp3) is 0.300. The molecule has 0 radical (unpaired) electrons. The maximum Gasteiger partial charge on any atom is 0.272 e. The van der Waals surface area contributed by atoms with Gasteiger partial charge < -0.3 is 4.74 Å². The highest BCUT2D eigenvalue weighted by Gasteiger charge is 2.10. The van der Waals surface area contributed by atoms with Crippen molar-refractivity contribution in [2.45, 2.75) is 33.1 Å². The number of nitro benzene ring substituents is 1. The molecule has 2 aromatic carbocycles. The first-order valence-electron chi connectivity index (χ1n) is 8.78. The number of nitrogens with zero attached hydrogens (tertiary/aromatic N) is 2. The standard InChI is InChI=1S/C20H23N3O4/c1-3-27-18-11-9-16(10-12-18)5-4-6-20(24)22-21-14-17-8-7-15(2)19(13-17)23(25)26/h7-14H,3-6H2,1-2H3,(H,22,24). The Kier molecular flexibility index (Phi) is 7.49. The minimum atomic E-state index is -0.438. The van der Waals surface area contributed by atoms with Crippen LogP contribution in [0.3, 0.4) is 0 Å². The Labute approximate surface area is 158 Å².